The minimum Gasteiger partial charge on any atom is -0.312 e. The number of nitrogens with zero attached hydrogens (tertiary/aromatic N) is 1. The smallest absolute Gasteiger partial charge is 0.232 e. The molecule has 116 valence electrons. The highest BCUT2D eigenvalue weighted by Gasteiger charge is 2.25. The fourth-order valence-corrected chi connectivity index (χ4v) is 4.04. The molecule has 0 bridgehead atoms. The van der Waals surface area contributed by atoms with Crippen molar-refractivity contribution in [2.45, 2.75) is 32.7 Å². The Morgan fingerprint density at radius 3 is 2.73 bits per heavy atom. The zero-order valence-corrected chi connectivity index (χ0v) is 15.6. The van der Waals surface area contributed by atoms with Crippen molar-refractivity contribution in [2.24, 2.45) is 0 Å². The van der Waals surface area contributed by atoms with Gasteiger partial charge in [-0.25, -0.2) is 0 Å². The minimum atomic E-state index is 0.149. The molecule has 0 aliphatic carbocycles. The Balaban J connectivity index is 1.79. The van der Waals surface area contributed by atoms with E-state index in [9.17, 15) is 4.79 Å². The summed E-state index contributed by atoms with van der Waals surface area (Å²) in [4.78, 5) is 12.7. The molecule has 0 atom stereocenters. The average molecular weight is 426 g/mol. The fraction of sp³-hybridized carbons (Fsp3) is 0.353. The molecule has 3 nitrogen and oxygen atoms in total. The van der Waals surface area contributed by atoms with Crippen LogP contribution in [0.1, 0.15) is 33.6 Å². The van der Waals surface area contributed by atoms with Crippen LogP contribution in [-0.4, -0.2) is 17.0 Å². The second-order valence-corrected chi connectivity index (χ2v) is 7.22. The van der Waals surface area contributed by atoms with Crippen molar-refractivity contribution in [3.05, 3.63) is 55.7 Å². The Labute approximate surface area is 147 Å². The lowest BCUT2D eigenvalue weighted by atomic mass is 10.1. The zero-order valence-electron chi connectivity index (χ0n) is 12.5. The monoisotopic (exact) mass is 424 g/mol. The second-order valence-electron chi connectivity index (χ2n) is 5.67. The average Bonchev–Trinajstić information content (AvgIpc) is 2.79. The summed E-state index contributed by atoms with van der Waals surface area (Å²) in [5, 5.41) is 3.35. The lowest BCUT2D eigenvalue weighted by Gasteiger charge is -2.16. The van der Waals surface area contributed by atoms with Gasteiger partial charge in [-0.2, -0.15) is 0 Å². The van der Waals surface area contributed by atoms with Crippen molar-refractivity contribution in [1.29, 1.82) is 0 Å². The number of fused-ring (bicyclic) bond motifs is 1. The van der Waals surface area contributed by atoms with Gasteiger partial charge in [-0.3, -0.25) is 9.36 Å². The standard InChI is InChI=1S/C17H18Br2N2O/c1-11-2-4-12(5-3-11)6-7-15(22)21-14-8-9-20-10-13(14)16(18)17(21)19/h2-5,20H,6-10H2,1H3. The van der Waals surface area contributed by atoms with Crippen LogP contribution >= 0.6 is 31.9 Å². The normalized spacial score (nSPS) is 14.0. The van der Waals surface area contributed by atoms with E-state index in [2.05, 4.69) is 68.4 Å². The quantitative estimate of drug-likeness (QED) is 0.797. The number of carbonyl (C=O) groups is 1. The molecular formula is C17H18Br2N2O. The Kier molecular flexibility index (Phi) is 4.85. The van der Waals surface area contributed by atoms with Crippen LogP contribution in [0.3, 0.4) is 0 Å². The number of benzene rings is 1. The van der Waals surface area contributed by atoms with Gasteiger partial charge in [0.25, 0.3) is 0 Å². The molecule has 0 radical (unpaired) electrons. The van der Waals surface area contributed by atoms with Gasteiger partial charge in [-0.1, -0.05) is 29.8 Å². The maximum atomic E-state index is 12.7. The summed E-state index contributed by atoms with van der Waals surface area (Å²) >= 11 is 7.16. The van der Waals surface area contributed by atoms with Crippen LogP contribution in [0.25, 0.3) is 0 Å². The highest BCUT2D eigenvalue weighted by molar-refractivity contribution is 9.13. The number of aryl methyl sites for hydroxylation is 2. The van der Waals surface area contributed by atoms with E-state index in [-0.39, 0.29) is 5.91 Å². The molecule has 0 amide bonds. The molecule has 3 rings (SSSR count). The number of carbonyl (C=O) groups excluding carboxylic acids is 1. The first kappa shape index (κ1) is 16.0. The lowest BCUT2D eigenvalue weighted by molar-refractivity contribution is 0.0897. The zero-order chi connectivity index (χ0) is 15.7. The molecule has 22 heavy (non-hydrogen) atoms. The van der Waals surface area contributed by atoms with Crippen molar-refractivity contribution in [3.63, 3.8) is 0 Å². The third-order valence-electron chi connectivity index (χ3n) is 4.10. The summed E-state index contributed by atoms with van der Waals surface area (Å²) in [5.74, 6) is 0.149. The van der Waals surface area contributed by atoms with Crippen molar-refractivity contribution in [2.75, 3.05) is 6.54 Å². The first-order chi connectivity index (χ1) is 10.6. The van der Waals surface area contributed by atoms with Gasteiger partial charge in [0.05, 0.1) is 4.47 Å². The van der Waals surface area contributed by atoms with Crippen LogP contribution in [0.15, 0.2) is 33.3 Å². The molecule has 0 fully saturated rings. The number of hydrogen-bond acceptors (Lipinski definition) is 2. The van der Waals surface area contributed by atoms with E-state index >= 15 is 0 Å². The molecule has 5 heteroatoms. The second kappa shape index (κ2) is 6.69. The van der Waals surface area contributed by atoms with Gasteiger partial charge in [0.15, 0.2) is 0 Å². The molecule has 1 N–H and O–H groups in total. The number of nitrogens with one attached hydrogen (secondary N) is 1. The predicted molar refractivity (Wildman–Crippen MR) is 95.4 cm³/mol. The number of rotatable bonds is 3. The van der Waals surface area contributed by atoms with E-state index in [1.54, 1.807) is 0 Å². The van der Waals surface area contributed by atoms with Crippen LogP contribution < -0.4 is 5.32 Å². The van der Waals surface area contributed by atoms with Crippen LogP contribution in [-0.2, 0) is 19.4 Å². The summed E-state index contributed by atoms with van der Waals surface area (Å²) in [6, 6.07) is 8.39. The van der Waals surface area contributed by atoms with E-state index < -0.39 is 0 Å². The molecule has 0 saturated heterocycles. The van der Waals surface area contributed by atoms with Gasteiger partial charge < -0.3 is 5.32 Å². The maximum absolute atomic E-state index is 12.7. The van der Waals surface area contributed by atoms with Crippen molar-refractivity contribution < 1.29 is 4.79 Å². The van der Waals surface area contributed by atoms with Crippen molar-refractivity contribution in [3.8, 4) is 0 Å². The van der Waals surface area contributed by atoms with Gasteiger partial charge in [-0.15, -0.1) is 0 Å². The lowest BCUT2D eigenvalue weighted by Crippen LogP contribution is -2.26. The van der Waals surface area contributed by atoms with Crippen molar-refractivity contribution >= 4 is 37.8 Å². The molecule has 1 aliphatic heterocycles. The first-order valence-electron chi connectivity index (χ1n) is 7.45. The predicted octanol–water partition coefficient (Wildman–Crippen LogP) is 4.24. The van der Waals surface area contributed by atoms with Gasteiger partial charge in [0.2, 0.25) is 5.91 Å². The molecule has 1 aromatic carbocycles. The third kappa shape index (κ3) is 3.07. The molecule has 2 heterocycles. The molecular weight excluding hydrogens is 408 g/mol. The van der Waals surface area contributed by atoms with E-state index in [0.717, 1.165) is 40.7 Å². The minimum absolute atomic E-state index is 0.149. The van der Waals surface area contributed by atoms with Crippen LogP contribution in [0.5, 0.6) is 0 Å². The highest BCUT2D eigenvalue weighted by Crippen LogP contribution is 2.34. The maximum Gasteiger partial charge on any atom is 0.232 e. The van der Waals surface area contributed by atoms with E-state index in [1.807, 2.05) is 4.57 Å². The molecule has 1 aliphatic rings. The summed E-state index contributed by atoms with van der Waals surface area (Å²) in [7, 11) is 0. The van der Waals surface area contributed by atoms with Crippen LogP contribution in [0.4, 0.5) is 0 Å². The SMILES string of the molecule is Cc1ccc(CCC(=O)n2c(Br)c(Br)c3c2CCNC3)cc1. The highest BCUT2D eigenvalue weighted by atomic mass is 79.9. The summed E-state index contributed by atoms with van der Waals surface area (Å²) in [6.45, 7) is 3.80. The largest absolute Gasteiger partial charge is 0.312 e. The van der Waals surface area contributed by atoms with Gasteiger partial charge in [-0.05, 0) is 50.8 Å². The van der Waals surface area contributed by atoms with E-state index in [0.29, 0.717) is 6.42 Å². The molecule has 0 spiro atoms. The number of hydrogen-bond donors (Lipinski definition) is 1. The Hall–Kier alpha value is -0.910. The number of halogens is 2. The third-order valence-corrected chi connectivity index (χ3v) is 6.24. The van der Waals surface area contributed by atoms with E-state index in [1.165, 1.54) is 16.7 Å². The Bertz CT molecular complexity index is 704. The Morgan fingerprint density at radius 2 is 2.00 bits per heavy atom. The van der Waals surface area contributed by atoms with Gasteiger partial charge in [0.1, 0.15) is 4.60 Å². The van der Waals surface area contributed by atoms with Crippen molar-refractivity contribution in [1.82, 2.24) is 9.88 Å². The molecule has 0 saturated carbocycles. The van der Waals surface area contributed by atoms with Gasteiger partial charge >= 0.3 is 0 Å². The topological polar surface area (TPSA) is 34.0 Å². The first-order valence-corrected chi connectivity index (χ1v) is 9.03. The van der Waals surface area contributed by atoms with Crippen LogP contribution in [0.2, 0.25) is 0 Å². The molecule has 1 aromatic heterocycles. The van der Waals surface area contributed by atoms with Gasteiger partial charge in [0, 0.05) is 37.2 Å². The molecule has 2 aromatic rings. The van der Waals surface area contributed by atoms with E-state index in [4.69, 9.17) is 0 Å². The van der Waals surface area contributed by atoms with Crippen LogP contribution in [0, 0.1) is 6.92 Å². The molecule has 0 unspecified atom stereocenters. The Morgan fingerprint density at radius 1 is 1.27 bits per heavy atom. The fourth-order valence-electron chi connectivity index (χ4n) is 2.84. The summed E-state index contributed by atoms with van der Waals surface area (Å²) < 4.78 is 3.68. The summed E-state index contributed by atoms with van der Waals surface area (Å²) in [5.41, 5.74) is 4.78. The number of aromatic nitrogens is 1. The summed E-state index contributed by atoms with van der Waals surface area (Å²) in [6.07, 6.45) is 2.17.